The summed E-state index contributed by atoms with van der Waals surface area (Å²) in [5, 5.41) is 4.93. The van der Waals surface area contributed by atoms with Crippen LogP contribution in [-0.2, 0) is 10.1 Å². The van der Waals surface area contributed by atoms with Crippen LogP contribution in [0.15, 0.2) is 71.6 Å². The fraction of sp³-hybridized carbons (Fsp3) is 0. The minimum Gasteiger partial charge on any atom is -0.744 e. The molecule has 3 nitrogen and oxygen atoms in total. The fourth-order valence-corrected chi connectivity index (χ4v) is 3.74. The summed E-state index contributed by atoms with van der Waals surface area (Å²) in [5.41, 5.74) is 0. The van der Waals surface area contributed by atoms with Crippen LogP contribution >= 0.6 is 0 Å². The van der Waals surface area contributed by atoms with Gasteiger partial charge < -0.3 is 4.55 Å². The largest absolute Gasteiger partial charge is 1.00 e. The summed E-state index contributed by atoms with van der Waals surface area (Å²) in [6.07, 6.45) is 0. The van der Waals surface area contributed by atoms with Gasteiger partial charge in [-0.3, -0.25) is 0 Å². The molecule has 0 aliphatic carbocycles. The number of hydrogen-bond donors (Lipinski definition) is 0. The molecule has 5 heteroatoms. The zero-order valence-corrected chi connectivity index (χ0v) is 15.3. The quantitative estimate of drug-likeness (QED) is 0.298. The average molecular weight is 330 g/mol. The molecule has 0 aliphatic rings. The maximum atomic E-state index is 11.7. The molecule has 0 saturated carbocycles. The first-order valence-corrected chi connectivity index (χ1v) is 8.26. The molecular formula is C18H11NaO3S. The van der Waals surface area contributed by atoms with E-state index in [0.717, 1.165) is 26.9 Å². The van der Waals surface area contributed by atoms with Crippen LogP contribution in [0.25, 0.3) is 32.3 Å². The normalized spacial score (nSPS) is 11.7. The van der Waals surface area contributed by atoms with Gasteiger partial charge in [-0.05, 0) is 38.4 Å². The van der Waals surface area contributed by atoms with Crippen molar-refractivity contribution in [2.75, 3.05) is 0 Å². The van der Waals surface area contributed by atoms with Crippen LogP contribution in [0.4, 0.5) is 0 Å². The van der Waals surface area contributed by atoms with E-state index in [1.165, 1.54) is 6.07 Å². The van der Waals surface area contributed by atoms with Crippen molar-refractivity contribution in [3.05, 3.63) is 66.7 Å². The molecular weight excluding hydrogens is 319 g/mol. The van der Waals surface area contributed by atoms with Crippen molar-refractivity contribution in [2.24, 2.45) is 0 Å². The Balaban J connectivity index is 0.00000156. The smallest absolute Gasteiger partial charge is 0.744 e. The van der Waals surface area contributed by atoms with Gasteiger partial charge in [0, 0.05) is 0 Å². The third-order valence-corrected chi connectivity index (χ3v) is 4.87. The standard InChI is InChI=1S/C18H12O3S.Na/c19-22(20,21)18-11-17-13-6-2-1-5-12(13)9-10-15(17)14-7-3-4-8-16(14)18;/h1-11H,(H,19,20,21);/q;+1/p-1. The van der Waals surface area contributed by atoms with E-state index in [0.29, 0.717) is 5.39 Å². The second-order valence-electron chi connectivity index (χ2n) is 5.26. The maximum Gasteiger partial charge on any atom is 1.00 e. The second kappa shape index (κ2) is 5.89. The Morgan fingerprint density at radius 3 is 1.91 bits per heavy atom. The molecule has 0 N–H and O–H groups in total. The van der Waals surface area contributed by atoms with Gasteiger partial charge in [0.25, 0.3) is 0 Å². The summed E-state index contributed by atoms with van der Waals surface area (Å²) < 4.78 is 35.0. The molecule has 0 heterocycles. The molecule has 108 valence electrons. The second-order valence-corrected chi connectivity index (χ2v) is 6.60. The topological polar surface area (TPSA) is 57.2 Å². The summed E-state index contributed by atoms with van der Waals surface area (Å²) in [7, 11) is -4.54. The average Bonchev–Trinajstić information content (AvgIpc) is 2.52. The van der Waals surface area contributed by atoms with E-state index in [-0.39, 0.29) is 34.5 Å². The molecule has 23 heavy (non-hydrogen) atoms. The summed E-state index contributed by atoms with van der Waals surface area (Å²) in [6.45, 7) is 0. The summed E-state index contributed by atoms with van der Waals surface area (Å²) >= 11 is 0. The molecule has 4 rings (SSSR count). The van der Waals surface area contributed by atoms with Gasteiger partial charge in [0.2, 0.25) is 0 Å². The molecule has 0 unspecified atom stereocenters. The molecule has 0 spiro atoms. The van der Waals surface area contributed by atoms with E-state index in [1.54, 1.807) is 12.1 Å². The van der Waals surface area contributed by atoms with Crippen LogP contribution in [0.2, 0.25) is 0 Å². The predicted molar refractivity (Wildman–Crippen MR) is 86.9 cm³/mol. The molecule has 0 aliphatic heterocycles. The summed E-state index contributed by atoms with van der Waals surface area (Å²) in [5.74, 6) is 0. The van der Waals surface area contributed by atoms with Crippen LogP contribution in [0.5, 0.6) is 0 Å². The molecule has 4 aromatic carbocycles. The van der Waals surface area contributed by atoms with Crippen molar-refractivity contribution in [2.45, 2.75) is 4.90 Å². The Kier molecular flexibility index (Phi) is 4.21. The minimum atomic E-state index is -4.54. The molecule has 0 fully saturated rings. The van der Waals surface area contributed by atoms with Crippen LogP contribution in [-0.4, -0.2) is 13.0 Å². The van der Waals surface area contributed by atoms with Gasteiger partial charge in [-0.15, -0.1) is 0 Å². The van der Waals surface area contributed by atoms with E-state index in [9.17, 15) is 13.0 Å². The van der Waals surface area contributed by atoms with Crippen LogP contribution < -0.4 is 29.6 Å². The number of hydrogen-bond acceptors (Lipinski definition) is 3. The van der Waals surface area contributed by atoms with Crippen molar-refractivity contribution in [3.63, 3.8) is 0 Å². The molecule has 4 aromatic rings. The first-order valence-electron chi connectivity index (χ1n) is 6.85. The van der Waals surface area contributed by atoms with E-state index in [4.69, 9.17) is 0 Å². The molecule has 0 amide bonds. The van der Waals surface area contributed by atoms with Gasteiger partial charge in [-0.1, -0.05) is 60.7 Å². The third kappa shape index (κ3) is 2.67. The Morgan fingerprint density at radius 2 is 1.22 bits per heavy atom. The van der Waals surface area contributed by atoms with Gasteiger partial charge >= 0.3 is 29.6 Å². The first-order chi connectivity index (χ1) is 10.6. The predicted octanol–water partition coefficient (Wildman–Crippen LogP) is 1.05. The van der Waals surface area contributed by atoms with Crippen molar-refractivity contribution in [1.29, 1.82) is 0 Å². The molecule has 0 saturated heterocycles. The van der Waals surface area contributed by atoms with E-state index in [1.807, 2.05) is 48.5 Å². The van der Waals surface area contributed by atoms with Crippen LogP contribution in [0, 0.1) is 0 Å². The summed E-state index contributed by atoms with van der Waals surface area (Å²) in [4.78, 5) is -0.160. The Hall–Kier alpha value is -1.43. The van der Waals surface area contributed by atoms with Gasteiger partial charge in [0.15, 0.2) is 0 Å². The van der Waals surface area contributed by atoms with Crippen molar-refractivity contribution in [3.8, 4) is 0 Å². The third-order valence-electron chi connectivity index (χ3n) is 4.00. The Labute approximate surface area is 156 Å². The maximum absolute atomic E-state index is 11.7. The van der Waals surface area contributed by atoms with Crippen molar-refractivity contribution in [1.82, 2.24) is 0 Å². The zero-order valence-electron chi connectivity index (χ0n) is 12.5. The SMILES string of the molecule is O=S(=O)([O-])c1cc2c3ccccc3ccc2c2ccccc12.[Na+]. The number of benzene rings is 4. The monoisotopic (exact) mass is 330 g/mol. The van der Waals surface area contributed by atoms with Crippen LogP contribution in [0.1, 0.15) is 0 Å². The van der Waals surface area contributed by atoms with E-state index >= 15 is 0 Å². The van der Waals surface area contributed by atoms with Gasteiger partial charge in [0.1, 0.15) is 10.1 Å². The zero-order chi connectivity index (χ0) is 15.3. The van der Waals surface area contributed by atoms with E-state index < -0.39 is 10.1 Å². The molecule has 0 aromatic heterocycles. The van der Waals surface area contributed by atoms with Crippen molar-refractivity contribution >= 4 is 42.4 Å². The van der Waals surface area contributed by atoms with Gasteiger partial charge in [-0.25, -0.2) is 8.42 Å². The molecule has 0 bridgehead atoms. The summed E-state index contributed by atoms with van der Waals surface area (Å²) in [6, 6.07) is 20.3. The fourth-order valence-electron chi connectivity index (χ4n) is 3.03. The Bertz CT molecular complexity index is 1150. The number of rotatable bonds is 1. The Morgan fingerprint density at radius 1 is 0.652 bits per heavy atom. The van der Waals surface area contributed by atoms with Crippen molar-refractivity contribution < 1.29 is 42.5 Å². The first kappa shape index (κ1) is 16.4. The minimum absolute atomic E-state index is 0. The van der Waals surface area contributed by atoms with E-state index in [2.05, 4.69) is 0 Å². The number of fused-ring (bicyclic) bond motifs is 5. The molecule has 0 atom stereocenters. The van der Waals surface area contributed by atoms with Gasteiger partial charge in [0.05, 0.1) is 4.90 Å². The molecule has 0 radical (unpaired) electrons. The van der Waals surface area contributed by atoms with Crippen LogP contribution in [0.3, 0.4) is 0 Å². The van der Waals surface area contributed by atoms with Gasteiger partial charge in [-0.2, -0.15) is 0 Å².